The van der Waals surface area contributed by atoms with Gasteiger partial charge in [0.15, 0.2) is 5.82 Å². The lowest BCUT2D eigenvalue weighted by atomic mass is 10.1. The maximum absolute atomic E-state index is 12.7. The highest BCUT2D eigenvalue weighted by atomic mass is 16.1. The first-order valence-corrected chi connectivity index (χ1v) is 10.1. The molecule has 0 fully saturated rings. The summed E-state index contributed by atoms with van der Waals surface area (Å²) in [5, 5.41) is 15.9. The summed E-state index contributed by atoms with van der Waals surface area (Å²) in [7, 11) is 0. The minimum atomic E-state index is -0.169. The number of aromatic nitrogens is 6. The number of carbonyl (C=O) groups excluding carboxylic acids is 1. The molecule has 150 valence electrons. The van der Waals surface area contributed by atoms with E-state index in [9.17, 15) is 4.79 Å². The Labute approximate surface area is 173 Å². The van der Waals surface area contributed by atoms with Crippen LogP contribution in [-0.4, -0.2) is 35.4 Å². The van der Waals surface area contributed by atoms with Gasteiger partial charge in [-0.25, -0.2) is 9.67 Å². The van der Waals surface area contributed by atoms with Crippen molar-refractivity contribution in [3.05, 3.63) is 72.6 Å². The number of amides is 1. The predicted molar refractivity (Wildman–Crippen MR) is 112 cm³/mol. The van der Waals surface area contributed by atoms with Crippen LogP contribution < -0.4 is 5.32 Å². The molecule has 1 N–H and O–H groups in total. The number of fused-ring (bicyclic) bond motifs is 1. The van der Waals surface area contributed by atoms with E-state index in [1.807, 2.05) is 36.4 Å². The second kappa shape index (κ2) is 7.90. The lowest BCUT2D eigenvalue weighted by Crippen LogP contribution is -2.12. The number of hydrogen-bond acceptors (Lipinski definition) is 5. The van der Waals surface area contributed by atoms with Gasteiger partial charge in [0.25, 0.3) is 5.91 Å². The highest BCUT2D eigenvalue weighted by Crippen LogP contribution is 2.25. The molecule has 1 amide bonds. The van der Waals surface area contributed by atoms with Crippen LogP contribution in [0.3, 0.4) is 0 Å². The van der Waals surface area contributed by atoms with Gasteiger partial charge in [0.1, 0.15) is 18.5 Å². The summed E-state index contributed by atoms with van der Waals surface area (Å²) in [5.41, 5.74) is 3.10. The molecule has 0 saturated carbocycles. The maximum Gasteiger partial charge on any atom is 0.255 e. The normalized spacial score (nSPS) is 13.5. The molecule has 0 spiro atoms. The molecule has 5 rings (SSSR count). The largest absolute Gasteiger partial charge is 0.322 e. The molecule has 8 nitrogen and oxygen atoms in total. The Hall–Kier alpha value is -3.81. The van der Waals surface area contributed by atoms with Gasteiger partial charge in [0, 0.05) is 29.8 Å². The minimum absolute atomic E-state index is 0.169. The Balaban J connectivity index is 1.35. The van der Waals surface area contributed by atoms with Crippen LogP contribution >= 0.6 is 0 Å². The van der Waals surface area contributed by atoms with E-state index in [1.54, 1.807) is 23.1 Å². The Morgan fingerprint density at radius 3 is 2.73 bits per heavy atom. The summed E-state index contributed by atoms with van der Waals surface area (Å²) in [6, 6.07) is 15.0. The van der Waals surface area contributed by atoms with E-state index in [1.165, 1.54) is 12.7 Å². The zero-order chi connectivity index (χ0) is 20.3. The van der Waals surface area contributed by atoms with Crippen molar-refractivity contribution in [1.82, 2.24) is 29.5 Å². The number of anilines is 1. The van der Waals surface area contributed by atoms with Gasteiger partial charge in [-0.1, -0.05) is 18.6 Å². The monoisotopic (exact) mass is 399 g/mol. The van der Waals surface area contributed by atoms with E-state index in [0.29, 0.717) is 5.56 Å². The van der Waals surface area contributed by atoms with E-state index >= 15 is 0 Å². The Morgan fingerprint density at radius 2 is 1.90 bits per heavy atom. The van der Waals surface area contributed by atoms with Crippen LogP contribution in [0.2, 0.25) is 0 Å². The summed E-state index contributed by atoms with van der Waals surface area (Å²) in [5.74, 6) is 1.74. The van der Waals surface area contributed by atoms with Crippen LogP contribution in [-0.2, 0) is 13.0 Å². The molecule has 2 aromatic carbocycles. The predicted octanol–water partition coefficient (Wildman–Crippen LogP) is 3.50. The van der Waals surface area contributed by atoms with Gasteiger partial charge in [0.2, 0.25) is 0 Å². The average molecular weight is 399 g/mol. The molecule has 2 aromatic heterocycles. The minimum Gasteiger partial charge on any atom is -0.322 e. The second-order valence-corrected chi connectivity index (χ2v) is 7.32. The van der Waals surface area contributed by atoms with Crippen molar-refractivity contribution in [1.29, 1.82) is 0 Å². The van der Waals surface area contributed by atoms with Crippen molar-refractivity contribution in [2.75, 3.05) is 5.32 Å². The lowest BCUT2D eigenvalue weighted by Gasteiger charge is -2.10. The Bertz CT molecular complexity index is 1160. The van der Waals surface area contributed by atoms with Crippen LogP contribution in [0.1, 0.15) is 35.4 Å². The summed E-state index contributed by atoms with van der Waals surface area (Å²) < 4.78 is 3.85. The molecule has 0 saturated heterocycles. The van der Waals surface area contributed by atoms with Crippen LogP contribution in [0.25, 0.3) is 17.1 Å². The van der Waals surface area contributed by atoms with Gasteiger partial charge in [-0.3, -0.25) is 4.79 Å². The first kappa shape index (κ1) is 18.2. The van der Waals surface area contributed by atoms with Gasteiger partial charge >= 0.3 is 0 Å². The first-order chi connectivity index (χ1) is 14.8. The third-order valence-corrected chi connectivity index (χ3v) is 5.30. The topological polar surface area (TPSA) is 90.5 Å². The van der Waals surface area contributed by atoms with Crippen molar-refractivity contribution in [2.45, 2.75) is 32.2 Å². The Morgan fingerprint density at radius 1 is 1.00 bits per heavy atom. The first-order valence-electron chi connectivity index (χ1n) is 10.1. The van der Waals surface area contributed by atoms with Crippen molar-refractivity contribution < 1.29 is 4.79 Å². The molecule has 0 atom stereocenters. The van der Waals surface area contributed by atoms with Crippen molar-refractivity contribution in [2.24, 2.45) is 0 Å². The number of benzene rings is 2. The zero-order valence-corrected chi connectivity index (χ0v) is 16.4. The molecule has 1 aliphatic heterocycles. The van der Waals surface area contributed by atoms with Crippen LogP contribution in [0.5, 0.6) is 0 Å². The Kier molecular flexibility index (Phi) is 4.80. The van der Waals surface area contributed by atoms with Crippen LogP contribution in [0, 0.1) is 0 Å². The van der Waals surface area contributed by atoms with Gasteiger partial charge < -0.3 is 9.88 Å². The molecule has 1 aliphatic rings. The number of carbonyl (C=O) groups is 1. The number of rotatable bonds is 4. The summed E-state index contributed by atoms with van der Waals surface area (Å²) >= 11 is 0. The van der Waals surface area contributed by atoms with Gasteiger partial charge in [-0.05, 0) is 49.2 Å². The van der Waals surface area contributed by atoms with Crippen LogP contribution in [0.15, 0.2) is 61.2 Å². The van der Waals surface area contributed by atoms with E-state index < -0.39 is 0 Å². The molecule has 30 heavy (non-hydrogen) atoms. The van der Waals surface area contributed by atoms with E-state index in [-0.39, 0.29) is 5.91 Å². The standard InChI is InChI=1S/C22H21N7O/c30-22(16-8-10-19(11-9-16)29-15-23-14-24-29)25-18-6-4-5-17(13-18)21-27-26-20-7-2-1-3-12-28(20)21/h4-6,8-11,13-15H,1-3,7,12H2,(H,25,30). The van der Waals surface area contributed by atoms with Gasteiger partial charge in [-0.15, -0.1) is 10.2 Å². The van der Waals surface area contributed by atoms with Crippen molar-refractivity contribution in [3.63, 3.8) is 0 Å². The highest BCUT2D eigenvalue weighted by molar-refractivity contribution is 6.04. The average Bonchev–Trinajstić information content (AvgIpc) is 3.40. The summed E-state index contributed by atoms with van der Waals surface area (Å²) in [6.07, 6.45) is 7.57. The van der Waals surface area contributed by atoms with Crippen molar-refractivity contribution in [3.8, 4) is 17.1 Å². The maximum atomic E-state index is 12.7. The molecule has 4 aromatic rings. The van der Waals surface area contributed by atoms with Crippen molar-refractivity contribution >= 4 is 11.6 Å². The fraction of sp³-hybridized carbons (Fsp3) is 0.227. The van der Waals surface area contributed by atoms with E-state index in [2.05, 4.69) is 30.2 Å². The van der Waals surface area contributed by atoms with E-state index in [0.717, 1.165) is 54.4 Å². The summed E-state index contributed by atoms with van der Waals surface area (Å²) in [6.45, 7) is 0.937. The number of nitrogens with one attached hydrogen (secondary N) is 1. The fourth-order valence-electron chi connectivity index (χ4n) is 3.74. The molecule has 0 aliphatic carbocycles. The fourth-order valence-corrected chi connectivity index (χ4v) is 3.74. The molecule has 0 unspecified atom stereocenters. The highest BCUT2D eigenvalue weighted by Gasteiger charge is 2.16. The molecule has 0 radical (unpaired) electrons. The van der Waals surface area contributed by atoms with E-state index in [4.69, 9.17) is 0 Å². The second-order valence-electron chi connectivity index (χ2n) is 7.32. The molecular formula is C22H21N7O. The van der Waals surface area contributed by atoms with Gasteiger partial charge in [-0.2, -0.15) is 5.10 Å². The SMILES string of the molecule is O=C(Nc1cccc(-c2nnc3n2CCCCC3)c1)c1ccc(-n2cncn2)cc1. The molecular weight excluding hydrogens is 378 g/mol. The number of hydrogen-bond donors (Lipinski definition) is 1. The quantitative estimate of drug-likeness (QED) is 0.567. The molecule has 3 heterocycles. The third kappa shape index (κ3) is 3.59. The molecule has 0 bridgehead atoms. The van der Waals surface area contributed by atoms with Crippen LogP contribution in [0.4, 0.5) is 5.69 Å². The van der Waals surface area contributed by atoms with Gasteiger partial charge in [0.05, 0.1) is 5.69 Å². The summed E-state index contributed by atoms with van der Waals surface area (Å²) in [4.78, 5) is 16.6. The smallest absolute Gasteiger partial charge is 0.255 e. The number of aryl methyl sites for hydroxylation is 1. The molecule has 8 heteroatoms. The zero-order valence-electron chi connectivity index (χ0n) is 16.4. The number of nitrogens with zero attached hydrogens (tertiary/aromatic N) is 6. The third-order valence-electron chi connectivity index (χ3n) is 5.30. The lowest BCUT2D eigenvalue weighted by molar-refractivity contribution is 0.102.